The molecule has 0 radical (unpaired) electrons. The van der Waals surface area contributed by atoms with Gasteiger partial charge in [-0.25, -0.2) is 17.6 Å². The number of rotatable bonds is 6. The van der Waals surface area contributed by atoms with Gasteiger partial charge in [-0.05, 0) is 56.7 Å². The predicted molar refractivity (Wildman–Crippen MR) is 131 cm³/mol. The number of esters is 1. The van der Waals surface area contributed by atoms with Crippen molar-refractivity contribution in [3.05, 3.63) is 47.8 Å². The molecule has 2 aliphatic rings. The number of hydrogen-bond donors (Lipinski definition) is 1. The molecule has 4 rings (SSSR count). The lowest BCUT2D eigenvalue weighted by Crippen LogP contribution is -2.45. The van der Waals surface area contributed by atoms with E-state index in [2.05, 4.69) is 4.74 Å². The summed E-state index contributed by atoms with van der Waals surface area (Å²) >= 11 is 0. The zero-order chi connectivity index (χ0) is 31.4. The van der Waals surface area contributed by atoms with E-state index in [4.69, 9.17) is 9.47 Å². The van der Waals surface area contributed by atoms with Gasteiger partial charge in [-0.15, -0.1) is 0 Å². The number of alkyl halides is 6. The van der Waals surface area contributed by atoms with E-state index in [1.807, 2.05) is 5.32 Å². The molecule has 9 nitrogen and oxygen atoms in total. The zero-order valence-electron chi connectivity index (χ0n) is 22.0. The van der Waals surface area contributed by atoms with Crippen LogP contribution in [0.2, 0.25) is 0 Å². The molecule has 1 aliphatic heterocycles. The number of hydrogen-bond acceptors (Lipinski definition) is 7. The number of carbonyl (C=O) groups is 2. The molecule has 0 bridgehead atoms. The van der Waals surface area contributed by atoms with Gasteiger partial charge < -0.3 is 14.2 Å². The Kier molecular flexibility index (Phi) is 7.80. The summed E-state index contributed by atoms with van der Waals surface area (Å²) < 4.78 is 136. The maximum atomic E-state index is 13.9. The van der Waals surface area contributed by atoms with Crippen LogP contribution in [0.5, 0.6) is 5.75 Å². The van der Waals surface area contributed by atoms with Gasteiger partial charge in [-0.3, -0.25) is 14.4 Å². The van der Waals surface area contributed by atoms with Crippen molar-refractivity contribution in [3.63, 3.8) is 0 Å². The molecule has 2 aromatic carbocycles. The highest BCUT2D eigenvalue weighted by atomic mass is 32.2. The summed E-state index contributed by atoms with van der Waals surface area (Å²) in [6.07, 6.45) is -12.4. The van der Waals surface area contributed by atoms with Crippen molar-refractivity contribution < 1.29 is 63.0 Å². The fraction of sp³-hybridized carbons (Fsp3) is 0.440. The topological polar surface area (TPSA) is 111 Å². The number of nitrogens with one attached hydrogen (secondary N) is 1. The van der Waals surface area contributed by atoms with Crippen molar-refractivity contribution in [1.82, 2.24) is 0 Å². The van der Waals surface area contributed by atoms with Crippen LogP contribution in [0.3, 0.4) is 0 Å². The Bertz CT molecular complexity index is 1510. The largest absolute Gasteiger partial charge is 0.486 e. The number of halogens is 7. The van der Waals surface area contributed by atoms with Crippen LogP contribution >= 0.6 is 0 Å². The predicted octanol–water partition coefficient (Wildman–Crippen LogP) is 5.50. The number of amides is 1. The Labute approximate surface area is 234 Å². The van der Waals surface area contributed by atoms with Gasteiger partial charge in [-0.1, -0.05) is 0 Å². The summed E-state index contributed by atoms with van der Waals surface area (Å²) in [6.45, 7) is 0.708. The molecule has 0 spiro atoms. The van der Waals surface area contributed by atoms with Crippen molar-refractivity contribution >= 4 is 33.5 Å². The highest BCUT2D eigenvalue weighted by Crippen LogP contribution is 2.48. The molecule has 0 saturated heterocycles. The standard InChI is InChI=1S/C25H23F7N2O7S/c1-23(2,25(30,31)32)41-22(36)33-12-4-7-19-18(8-12)34(11-20(40-19)14-10-15(14)21(35)39-3)42(37,38)13-5-6-17(26)16(9-13)24(27,28)29/h4-9,14-15,20H,10-11H2,1-3H3,(H,33,36). The van der Waals surface area contributed by atoms with Gasteiger partial charge in [0, 0.05) is 11.6 Å². The van der Waals surface area contributed by atoms with Gasteiger partial charge >= 0.3 is 24.4 Å². The van der Waals surface area contributed by atoms with Crippen LogP contribution in [0.1, 0.15) is 25.8 Å². The molecule has 1 heterocycles. The van der Waals surface area contributed by atoms with Gasteiger partial charge in [0.25, 0.3) is 10.0 Å². The number of sulfonamides is 1. The third kappa shape index (κ3) is 6.05. The van der Waals surface area contributed by atoms with Crippen LogP contribution in [0.4, 0.5) is 46.9 Å². The van der Waals surface area contributed by atoms with Gasteiger partial charge in [0.15, 0.2) is 0 Å². The van der Waals surface area contributed by atoms with Crippen molar-refractivity contribution in [3.8, 4) is 5.75 Å². The van der Waals surface area contributed by atoms with Crippen LogP contribution < -0.4 is 14.4 Å². The first-order valence-electron chi connectivity index (χ1n) is 12.1. The number of ether oxygens (including phenoxy) is 3. The SMILES string of the molecule is COC(=O)C1CC1C1CN(S(=O)(=O)c2ccc(F)c(C(F)(F)F)c2)c2cc(NC(=O)OC(C)(C)C(F)(F)F)ccc2O1. The van der Waals surface area contributed by atoms with Crippen LogP contribution in [-0.4, -0.2) is 52.0 Å². The van der Waals surface area contributed by atoms with E-state index in [0.717, 1.165) is 19.2 Å². The molecule has 0 aromatic heterocycles. The second-order valence-electron chi connectivity index (χ2n) is 10.1. The molecule has 1 fully saturated rings. The molecule has 17 heteroatoms. The second-order valence-corrected chi connectivity index (χ2v) is 11.9. The summed E-state index contributed by atoms with van der Waals surface area (Å²) in [6, 6.07) is 4.45. The first kappa shape index (κ1) is 31.2. The molecule has 1 amide bonds. The smallest absolute Gasteiger partial charge is 0.427 e. The quantitative estimate of drug-likeness (QED) is 0.332. The summed E-state index contributed by atoms with van der Waals surface area (Å²) in [5, 5.41) is 2.05. The van der Waals surface area contributed by atoms with E-state index in [-0.39, 0.29) is 29.6 Å². The first-order valence-corrected chi connectivity index (χ1v) is 13.5. The van der Waals surface area contributed by atoms with Gasteiger partial charge in [-0.2, -0.15) is 26.3 Å². The van der Waals surface area contributed by atoms with Gasteiger partial charge in [0.2, 0.25) is 5.60 Å². The fourth-order valence-electron chi connectivity index (χ4n) is 4.29. The number of benzene rings is 2. The molecule has 230 valence electrons. The minimum Gasteiger partial charge on any atom is -0.486 e. The Morgan fingerprint density at radius 2 is 1.71 bits per heavy atom. The Hall–Kier alpha value is -3.76. The van der Waals surface area contributed by atoms with Crippen LogP contribution in [0.15, 0.2) is 41.3 Å². The number of nitrogens with zero attached hydrogens (tertiary/aromatic N) is 1. The van der Waals surface area contributed by atoms with Gasteiger partial charge in [0.05, 0.1) is 35.7 Å². The maximum absolute atomic E-state index is 13.9. The van der Waals surface area contributed by atoms with Crippen LogP contribution in [0.25, 0.3) is 0 Å². The van der Waals surface area contributed by atoms with Crippen molar-refractivity contribution in [2.75, 3.05) is 23.3 Å². The summed E-state index contributed by atoms with van der Waals surface area (Å²) in [5.74, 6) is -3.54. The van der Waals surface area contributed by atoms with Crippen LogP contribution in [0, 0.1) is 17.7 Å². The molecule has 1 aliphatic carbocycles. The van der Waals surface area contributed by atoms with E-state index in [1.54, 1.807) is 0 Å². The van der Waals surface area contributed by atoms with E-state index in [9.17, 15) is 48.7 Å². The lowest BCUT2D eigenvalue weighted by Gasteiger charge is -2.36. The van der Waals surface area contributed by atoms with Crippen molar-refractivity contribution in [1.29, 1.82) is 0 Å². The van der Waals surface area contributed by atoms with E-state index < -0.39 is 80.8 Å². The third-order valence-corrected chi connectivity index (χ3v) is 8.56. The van der Waals surface area contributed by atoms with E-state index in [0.29, 0.717) is 30.3 Å². The normalized spacial score (nSPS) is 20.7. The molecule has 3 atom stereocenters. The van der Waals surface area contributed by atoms with E-state index >= 15 is 0 Å². The molecular formula is C25H23F7N2O7S. The number of anilines is 2. The maximum Gasteiger partial charge on any atom is 0.427 e. The summed E-state index contributed by atoms with van der Waals surface area (Å²) in [7, 11) is -3.71. The number of methoxy groups -OCH3 is 1. The third-order valence-electron chi connectivity index (χ3n) is 6.78. The summed E-state index contributed by atoms with van der Waals surface area (Å²) in [5.41, 5.74) is -5.25. The first-order chi connectivity index (χ1) is 19.3. The molecule has 3 unspecified atom stereocenters. The highest BCUT2D eigenvalue weighted by molar-refractivity contribution is 7.92. The minimum atomic E-state index is -5.22. The Balaban J connectivity index is 1.72. The molecule has 42 heavy (non-hydrogen) atoms. The molecule has 1 N–H and O–H groups in total. The minimum absolute atomic E-state index is 0.127. The average molecular weight is 629 g/mol. The molecule has 1 saturated carbocycles. The van der Waals surface area contributed by atoms with Gasteiger partial charge in [0.1, 0.15) is 17.7 Å². The Morgan fingerprint density at radius 1 is 1.05 bits per heavy atom. The lowest BCUT2D eigenvalue weighted by atomic mass is 10.1. The molecular weight excluding hydrogens is 605 g/mol. The monoisotopic (exact) mass is 628 g/mol. The highest BCUT2D eigenvalue weighted by Gasteiger charge is 2.53. The number of carbonyl (C=O) groups excluding carboxylic acids is 2. The van der Waals surface area contributed by atoms with E-state index in [1.165, 1.54) is 6.07 Å². The second kappa shape index (κ2) is 10.5. The summed E-state index contributed by atoms with van der Waals surface area (Å²) in [4.78, 5) is 23.2. The fourth-order valence-corrected chi connectivity index (χ4v) is 5.80. The Morgan fingerprint density at radius 3 is 2.31 bits per heavy atom. The average Bonchev–Trinajstić information content (AvgIpc) is 3.67. The van der Waals surface area contributed by atoms with Crippen LogP contribution in [-0.2, 0) is 30.5 Å². The van der Waals surface area contributed by atoms with Crippen molar-refractivity contribution in [2.45, 2.75) is 49.2 Å². The zero-order valence-corrected chi connectivity index (χ0v) is 22.8. The van der Waals surface area contributed by atoms with Crippen molar-refractivity contribution in [2.24, 2.45) is 11.8 Å². The number of fused-ring (bicyclic) bond motifs is 1. The lowest BCUT2D eigenvalue weighted by molar-refractivity contribution is -0.242. The molecule has 2 aromatic rings.